The van der Waals surface area contributed by atoms with E-state index in [0.717, 1.165) is 17.9 Å². The molecule has 1 fully saturated rings. The van der Waals surface area contributed by atoms with Gasteiger partial charge in [-0.15, -0.1) is 0 Å². The van der Waals surface area contributed by atoms with Crippen molar-refractivity contribution in [1.82, 2.24) is 0 Å². The number of hydrogen-bond acceptors (Lipinski definition) is 2. The largest absolute Gasteiger partial charge is 0.489 e. The van der Waals surface area contributed by atoms with Gasteiger partial charge in [0.15, 0.2) is 0 Å². The van der Waals surface area contributed by atoms with Gasteiger partial charge >= 0.3 is 0 Å². The molecule has 1 atom stereocenters. The molecule has 0 aliphatic carbocycles. The molecule has 1 unspecified atom stereocenters. The molecule has 0 N–H and O–H groups in total. The number of epoxide rings is 1. The second kappa shape index (κ2) is 3.56. The van der Waals surface area contributed by atoms with E-state index in [-0.39, 0.29) is 6.10 Å². The average Bonchev–Trinajstić information content (AvgIpc) is 2.91. The van der Waals surface area contributed by atoms with Crippen LogP contribution in [0.15, 0.2) is 18.2 Å². The second-order valence-electron chi connectivity index (χ2n) is 3.15. The summed E-state index contributed by atoms with van der Waals surface area (Å²) in [5.74, 6) is 0.747. The smallest absolute Gasteiger partial charge is 0.138 e. The molecule has 2 rings (SSSR count). The van der Waals surface area contributed by atoms with Crippen molar-refractivity contribution < 1.29 is 9.47 Å². The molecule has 0 spiro atoms. The Morgan fingerprint density at radius 2 is 2.38 bits per heavy atom. The molecule has 2 nitrogen and oxygen atoms in total. The van der Waals surface area contributed by atoms with E-state index in [4.69, 9.17) is 21.1 Å². The zero-order valence-electron chi connectivity index (χ0n) is 7.42. The van der Waals surface area contributed by atoms with Gasteiger partial charge in [-0.2, -0.15) is 0 Å². The van der Waals surface area contributed by atoms with Crippen LogP contribution in [0.5, 0.6) is 5.75 Å². The first-order valence-corrected chi connectivity index (χ1v) is 4.64. The summed E-state index contributed by atoms with van der Waals surface area (Å²) in [6.07, 6.45) is 0.275. The van der Waals surface area contributed by atoms with E-state index in [1.165, 1.54) is 0 Å². The van der Waals surface area contributed by atoms with Crippen molar-refractivity contribution in [3.05, 3.63) is 28.8 Å². The minimum Gasteiger partial charge on any atom is -0.489 e. The third kappa shape index (κ3) is 2.14. The highest BCUT2D eigenvalue weighted by atomic mass is 35.5. The predicted octanol–water partition coefficient (Wildman–Crippen LogP) is 2.43. The van der Waals surface area contributed by atoms with E-state index in [9.17, 15) is 0 Å². The first-order chi connectivity index (χ1) is 6.27. The van der Waals surface area contributed by atoms with Crippen LogP contribution in [0.4, 0.5) is 0 Å². The Labute approximate surface area is 82.4 Å². The third-order valence-corrected chi connectivity index (χ3v) is 2.47. The fraction of sp³-hybridized carbons (Fsp3) is 0.400. The summed E-state index contributed by atoms with van der Waals surface area (Å²) < 4.78 is 10.5. The van der Waals surface area contributed by atoms with Gasteiger partial charge in [0.1, 0.15) is 18.5 Å². The summed E-state index contributed by atoms with van der Waals surface area (Å²) >= 11 is 6.03. The van der Waals surface area contributed by atoms with E-state index < -0.39 is 0 Å². The van der Waals surface area contributed by atoms with E-state index in [1.807, 2.05) is 25.1 Å². The van der Waals surface area contributed by atoms with Gasteiger partial charge in [-0.25, -0.2) is 0 Å². The number of ether oxygens (including phenoxy) is 2. The van der Waals surface area contributed by atoms with Gasteiger partial charge in [-0.3, -0.25) is 0 Å². The van der Waals surface area contributed by atoms with Crippen molar-refractivity contribution in [2.24, 2.45) is 0 Å². The molecule has 0 saturated carbocycles. The van der Waals surface area contributed by atoms with Crippen LogP contribution in [-0.4, -0.2) is 19.3 Å². The number of rotatable bonds is 3. The highest BCUT2D eigenvalue weighted by Gasteiger charge is 2.23. The molecule has 0 bridgehead atoms. The van der Waals surface area contributed by atoms with E-state index >= 15 is 0 Å². The van der Waals surface area contributed by atoms with Gasteiger partial charge in [-0.1, -0.05) is 23.7 Å². The topological polar surface area (TPSA) is 21.8 Å². The standard InChI is InChI=1S/C10H11ClO2/c1-7-3-2-4-9(10(7)11)13-6-8-5-12-8/h2-4,8H,5-6H2,1H3. The van der Waals surface area contributed by atoms with Gasteiger partial charge < -0.3 is 9.47 Å². The summed E-state index contributed by atoms with van der Waals surface area (Å²) in [6.45, 7) is 3.37. The van der Waals surface area contributed by atoms with Crippen LogP contribution in [0.25, 0.3) is 0 Å². The minimum atomic E-state index is 0.275. The lowest BCUT2D eigenvalue weighted by molar-refractivity contribution is 0.263. The predicted molar refractivity (Wildman–Crippen MR) is 51.4 cm³/mol. The summed E-state index contributed by atoms with van der Waals surface area (Å²) in [5.41, 5.74) is 1.04. The Hall–Kier alpha value is -0.730. The molecule has 1 aromatic rings. The number of halogens is 1. The SMILES string of the molecule is Cc1cccc(OCC2CO2)c1Cl. The van der Waals surface area contributed by atoms with Gasteiger partial charge in [0, 0.05) is 0 Å². The Morgan fingerprint density at radius 1 is 1.62 bits per heavy atom. The Morgan fingerprint density at radius 3 is 3.08 bits per heavy atom. The number of aryl methyl sites for hydroxylation is 1. The molecule has 3 heteroatoms. The maximum Gasteiger partial charge on any atom is 0.138 e. The molecule has 0 amide bonds. The Bertz CT molecular complexity index is 308. The lowest BCUT2D eigenvalue weighted by atomic mass is 10.2. The molecule has 70 valence electrons. The molecule has 1 heterocycles. The van der Waals surface area contributed by atoms with Gasteiger partial charge in [0.2, 0.25) is 0 Å². The summed E-state index contributed by atoms with van der Waals surface area (Å²) in [6, 6.07) is 5.77. The van der Waals surface area contributed by atoms with Gasteiger partial charge in [-0.05, 0) is 18.6 Å². The lowest BCUT2D eigenvalue weighted by Gasteiger charge is -2.07. The quantitative estimate of drug-likeness (QED) is 0.696. The average molecular weight is 199 g/mol. The van der Waals surface area contributed by atoms with E-state index in [1.54, 1.807) is 0 Å². The fourth-order valence-corrected chi connectivity index (χ4v) is 1.26. The highest BCUT2D eigenvalue weighted by Crippen LogP contribution is 2.28. The summed E-state index contributed by atoms with van der Waals surface area (Å²) in [7, 11) is 0. The zero-order chi connectivity index (χ0) is 9.26. The lowest BCUT2D eigenvalue weighted by Crippen LogP contribution is -2.04. The van der Waals surface area contributed by atoms with Crippen molar-refractivity contribution in [3.63, 3.8) is 0 Å². The van der Waals surface area contributed by atoms with E-state index in [2.05, 4.69) is 0 Å². The monoisotopic (exact) mass is 198 g/mol. The third-order valence-electron chi connectivity index (χ3n) is 1.98. The minimum absolute atomic E-state index is 0.275. The van der Waals surface area contributed by atoms with Gasteiger partial charge in [0.25, 0.3) is 0 Å². The summed E-state index contributed by atoms with van der Waals surface area (Å²) in [4.78, 5) is 0. The van der Waals surface area contributed by atoms with Crippen molar-refractivity contribution in [1.29, 1.82) is 0 Å². The number of benzene rings is 1. The van der Waals surface area contributed by atoms with Crippen molar-refractivity contribution in [2.45, 2.75) is 13.0 Å². The zero-order valence-corrected chi connectivity index (χ0v) is 8.17. The first kappa shape index (κ1) is 8.85. The van der Waals surface area contributed by atoms with Crippen LogP contribution in [0, 0.1) is 6.92 Å². The maximum atomic E-state index is 6.03. The van der Waals surface area contributed by atoms with Crippen LogP contribution < -0.4 is 4.74 Å². The molecule has 1 saturated heterocycles. The Kier molecular flexibility index (Phi) is 2.42. The van der Waals surface area contributed by atoms with E-state index in [0.29, 0.717) is 11.6 Å². The van der Waals surface area contributed by atoms with Crippen LogP contribution in [0.2, 0.25) is 5.02 Å². The van der Waals surface area contributed by atoms with Crippen molar-refractivity contribution in [2.75, 3.05) is 13.2 Å². The van der Waals surface area contributed by atoms with Crippen molar-refractivity contribution in [3.8, 4) is 5.75 Å². The normalized spacial score (nSPS) is 20.0. The molecular formula is C10H11ClO2. The molecule has 1 aromatic carbocycles. The summed E-state index contributed by atoms with van der Waals surface area (Å²) in [5, 5.41) is 0.697. The Balaban J connectivity index is 2.05. The molecule has 0 radical (unpaired) electrons. The first-order valence-electron chi connectivity index (χ1n) is 4.27. The molecular weight excluding hydrogens is 188 g/mol. The van der Waals surface area contributed by atoms with Crippen LogP contribution in [-0.2, 0) is 4.74 Å². The van der Waals surface area contributed by atoms with Crippen molar-refractivity contribution >= 4 is 11.6 Å². The number of hydrogen-bond donors (Lipinski definition) is 0. The maximum absolute atomic E-state index is 6.03. The van der Waals surface area contributed by atoms with Crippen LogP contribution in [0.1, 0.15) is 5.56 Å². The van der Waals surface area contributed by atoms with Crippen LogP contribution >= 0.6 is 11.6 Å². The molecule has 1 aliphatic rings. The van der Waals surface area contributed by atoms with Gasteiger partial charge in [0.05, 0.1) is 11.6 Å². The molecule has 1 aliphatic heterocycles. The van der Waals surface area contributed by atoms with Crippen LogP contribution in [0.3, 0.4) is 0 Å². The molecule has 13 heavy (non-hydrogen) atoms. The molecule has 0 aromatic heterocycles. The second-order valence-corrected chi connectivity index (χ2v) is 3.53. The highest BCUT2D eigenvalue weighted by molar-refractivity contribution is 6.32. The fourth-order valence-electron chi connectivity index (χ4n) is 1.08.